The molecule has 0 amide bonds. The fourth-order valence-electron chi connectivity index (χ4n) is 2.21. The van der Waals surface area contributed by atoms with Crippen molar-refractivity contribution in [3.8, 4) is 0 Å². The van der Waals surface area contributed by atoms with E-state index in [1.54, 1.807) is 16.8 Å². The number of aromatic nitrogens is 1. The second-order valence-corrected chi connectivity index (χ2v) is 5.79. The minimum atomic E-state index is 0.194. The van der Waals surface area contributed by atoms with E-state index in [9.17, 15) is 4.79 Å². The molecule has 15 heavy (non-hydrogen) atoms. The van der Waals surface area contributed by atoms with Gasteiger partial charge in [0.25, 0.3) is 0 Å². The van der Waals surface area contributed by atoms with Crippen LogP contribution >= 0.6 is 22.7 Å². The molecule has 0 atom stereocenters. The van der Waals surface area contributed by atoms with Crippen molar-refractivity contribution in [1.82, 2.24) is 4.98 Å². The highest BCUT2D eigenvalue weighted by atomic mass is 32.1. The minimum Gasteiger partial charge on any atom is -0.277 e. The molecule has 0 N–H and O–H groups in total. The van der Waals surface area contributed by atoms with Gasteiger partial charge >= 0.3 is 0 Å². The van der Waals surface area contributed by atoms with E-state index in [0.717, 1.165) is 23.1 Å². The lowest BCUT2D eigenvalue weighted by Crippen LogP contribution is -1.97. The van der Waals surface area contributed by atoms with Crippen LogP contribution in [0.5, 0.6) is 0 Å². The van der Waals surface area contributed by atoms with Crippen molar-refractivity contribution in [1.29, 1.82) is 0 Å². The second kappa shape index (κ2) is 3.68. The molecule has 0 bridgehead atoms. The van der Waals surface area contributed by atoms with Crippen molar-refractivity contribution in [2.45, 2.75) is 32.1 Å². The van der Waals surface area contributed by atoms with E-state index in [0.29, 0.717) is 0 Å². The van der Waals surface area contributed by atoms with E-state index in [2.05, 4.69) is 4.98 Å². The van der Waals surface area contributed by atoms with E-state index in [-0.39, 0.29) is 4.74 Å². The monoisotopic (exact) mass is 237 g/mol. The number of hydrogen-bond donors (Lipinski definition) is 0. The minimum absolute atomic E-state index is 0.194. The number of hydrogen-bond acceptors (Lipinski definition) is 4. The quantitative estimate of drug-likeness (QED) is 0.659. The van der Waals surface area contributed by atoms with E-state index >= 15 is 0 Å². The average molecular weight is 237 g/mol. The van der Waals surface area contributed by atoms with Gasteiger partial charge in [0.2, 0.25) is 4.74 Å². The maximum absolute atomic E-state index is 11.8. The zero-order valence-corrected chi connectivity index (χ0v) is 9.92. The third kappa shape index (κ3) is 1.52. The molecule has 2 aromatic heterocycles. The molecule has 1 aliphatic carbocycles. The van der Waals surface area contributed by atoms with Crippen molar-refractivity contribution in [3.05, 3.63) is 25.5 Å². The lowest BCUT2D eigenvalue weighted by molar-refractivity contribution is 0.713. The molecule has 0 saturated carbocycles. The Labute approximate surface area is 95.6 Å². The van der Waals surface area contributed by atoms with Crippen LogP contribution in [0.15, 0.2) is 10.3 Å². The van der Waals surface area contributed by atoms with Gasteiger partial charge < -0.3 is 0 Å². The van der Waals surface area contributed by atoms with E-state index in [1.807, 2.05) is 0 Å². The van der Waals surface area contributed by atoms with Crippen LogP contribution in [-0.2, 0) is 12.8 Å². The highest BCUT2D eigenvalue weighted by Gasteiger charge is 2.17. The lowest BCUT2D eigenvalue weighted by atomic mass is 10.1. The summed E-state index contributed by atoms with van der Waals surface area (Å²) in [7, 11) is 0. The first kappa shape index (κ1) is 9.48. The zero-order chi connectivity index (χ0) is 10.3. The Bertz CT molecular complexity index is 555. The number of thiophene rings is 1. The Hall–Kier alpha value is -0.740. The fourth-order valence-corrected chi connectivity index (χ4v) is 4.16. The highest BCUT2D eigenvalue weighted by molar-refractivity contribution is 7.19. The Morgan fingerprint density at radius 3 is 3.00 bits per heavy atom. The molecule has 4 heteroatoms. The molecule has 0 saturated heterocycles. The van der Waals surface area contributed by atoms with Gasteiger partial charge in [-0.3, -0.25) is 4.79 Å². The third-order valence-electron chi connectivity index (χ3n) is 2.94. The summed E-state index contributed by atoms with van der Waals surface area (Å²) in [6.45, 7) is 0. The van der Waals surface area contributed by atoms with Crippen molar-refractivity contribution < 1.29 is 0 Å². The average Bonchev–Trinajstić information content (AvgIpc) is 2.43. The van der Waals surface area contributed by atoms with Crippen molar-refractivity contribution in [3.63, 3.8) is 0 Å². The smallest absolute Gasteiger partial charge is 0.244 e. The summed E-state index contributed by atoms with van der Waals surface area (Å²) < 4.78 is 0.194. The van der Waals surface area contributed by atoms with Gasteiger partial charge in [-0.05, 0) is 31.2 Å². The molecule has 0 spiro atoms. The summed E-state index contributed by atoms with van der Waals surface area (Å²) in [6.07, 6.45) is 5.99. The van der Waals surface area contributed by atoms with Crippen LogP contribution in [-0.4, -0.2) is 4.98 Å². The number of rotatable bonds is 0. The first-order valence-electron chi connectivity index (χ1n) is 5.24. The van der Waals surface area contributed by atoms with Crippen LogP contribution in [0.4, 0.5) is 0 Å². The standard InChI is InChI=1S/C11H11NOS2/c13-11-9-7-4-2-1-3-5-8(7)15-10(9)12-6-14-11/h6H,1-5H2. The second-order valence-electron chi connectivity index (χ2n) is 3.88. The van der Waals surface area contributed by atoms with Gasteiger partial charge in [-0.15, -0.1) is 11.3 Å². The van der Waals surface area contributed by atoms with E-state index < -0.39 is 0 Å². The normalized spacial score (nSPS) is 16.3. The molecule has 2 heterocycles. The maximum Gasteiger partial charge on any atom is 0.244 e. The summed E-state index contributed by atoms with van der Waals surface area (Å²) >= 11 is 2.94. The molecule has 0 aromatic carbocycles. The molecule has 0 aliphatic heterocycles. The van der Waals surface area contributed by atoms with E-state index in [1.165, 1.54) is 41.0 Å². The third-order valence-corrected chi connectivity index (χ3v) is 4.77. The van der Waals surface area contributed by atoms with Crippen molar-refractivity contribution in [2.24, 2.45) is 0 Å². The van der Waals surface area contributed by atoms with Gasteiger partial charge in [0.05, 0.1) is 10.9 Å². The Morgan fingerprint density at radius 1 is 1.20 bits per heavy atom. The van der Waals surface area contributed by atoms with Crippen LogP contribution in [0.25, 0.3) is 10.2 Å². The molecule has 0 radical (unpaired) electrons. The highest BCUT2D eigenvalue weighted by Crippen LogP contribution is 2.32. The summed E-state index contributed by atoms with van der Waals surface area (Å²) in [6, 6.07) is 0. The summed E-state index contributed by atoms with van der Waals surface area (Å²) in [5, 5.41) is 0.921. The summed E-state index contributed by atoms with van der Waals surface area (Å²) in [5.41, 5.74) is 2.97. The Balaban J connectivity index is 2.34. The topological polar surface area (TPSA) is 30.0 Å². The van der Waals surface area contributed by atoms with Gasteiger partial charge in [-0.25, -0.2) is 4.98 Å². The van der Waals surface area contributed by atoms with Gasteiger partial charge in [-0.1, -0.05) is 17.8 Å². The van der Waals surface area contributed by atoms with Gasteiger partial charge in [0.15, 0.2) is 0 Å². The van der Waals surface area contributed by atoms with Crippen LogP contribution in [0.1, 0.15) is 29.7 Å². The molecule has 3 rings (SSSR count). The SMILES string of the molecule is O=c1scnc2sc3c(c12)CCCCC3. The molecule has 2 nitrogen and oxygen atoms in total. The van der Waals surface area contributed by atoms with Gasteiger partial charge in [0, 0.05) is 4.88 Å². The van der Waals surface area contributed by atoms with E-state index in [4.69, 9.17) is 0 Å². The van der Waals surface area contributed by atoms with Crippen LogP contribution in [0, 0.1) is 0 Å². The molecule has 2 aromatic rings. The molecular weight excluding hydrogens is 226 g/mol. The first-order chi connectivity index (χ1) is 7.36. The molecule has 1 aliphatic rings. The van der Waals surface area contributed by atoms with Gasteiger partial charge in [0.1, 0.15) is 4.83 Å². The fraction of sp³-hybridized carbons (Fsp3) is 0.455. The predicted molar refractivity (Wildman–Crippen MR) is 65.0 cm³/mol. The first-order valence-corrected chi connectivity index (χ1v) is 6.94. The summed E-state index contributed by atoms with van der Waals surface area (Å²) in [5.74, 6) is 0. The predicted octanol–water partition coefficient (Wildman–Crippen LogP) is 2.99. The van der Waals surface area contributed by atoms with Crippen LogP contribution < -0.4 is 4.74 Å². The Morgan fingerprint density at radius 2 is 2.07 bits per heavy atom. The lowest BCUT2D eigenvalue weighted by Gasteiger charge is -1.95. The molecule has 78 valence electrons. The molecule has 0 unspecified atom stereocenters. The number of aryl methyl sites for hydroxylation is 2. The Kier molecular flexibility index (Phi) is 2.33. The molecule has 0 fully saturated rings. The summed E-state index contributed by atoms with van der Waals surface area (Å²) in [4.78, 5) is 18.5. The van der Waals surface area contributed by atoms with Crippen molar-refractivity contribution >= 4 is 32.9 Å². The van der Waals surface area contributed by atoms with Crippen LogP contribution in [0.3, 0.4) is 0 Å². The van der Waals surface area contributed by atoms with Crippen molar-refractivity contribution in [2.75, 3.05) is 0 Å². The van der Waals surface area contributed by atoms with Crippen LogP contribution in [0.2, 0.25) is 0 Å². The largest absolute Gasteiger partial charge is 0.277 e. The number of fused-ring (bicyclic) bond motifs is 3. The number of nitrogens with zero attached hydrogens (tertiary/aromatic N) is 1. The molecular formula is C11H11NOS2. The maximum atomic E-state index is 11.8. The zero-order valence-electron chi connectivity index (χ0n) is 8.28. The van der Waals surface area contributed by atoms with Gasteiger partial charge in [-0.2, -0.15) is 0 Å².